The fraction of sp³-hybridized carbons (Fsp3) is 0.125. The van der Waals surface area contributed by atoms with Gasteiger partial charge in [0, 0.05) is 28.1 Å². The van der Waals surface area contributed by atoms with E-state index in [1.807, 2.05) is 49.4 Å². The molecule has 1 N–H and O–H groups in total. The first-order valence-electron chi connectivity index (χ1n) is 9.63. The molecule has 0 saturated heterocycles. The third kappa shape index (κ3) is 4.26. The first-order valence-corrected chi connectivity index (χ1v) is 10.0. The number of amides is 1. The number of nitrogens with zero attached hydrogens (tertiary/aromatic N) is 2. The molecule has 3 aromatic carbocycles. The number of rotatable bonds is 5. The van der Waals surface area contributed by atoms with Crippen molar-refractivity contribution in [2.75, 3.05) is 5.32 Å². The third-order valence-electron chi connectivity index (χ3n) is 4.85. The molecule has 6 heteroatoms. The first kappa shape index (κ1) is 19.9. The summed E-state index contributed by atoms with van der Waals surface area (Å²) < 4.78 is 1.37. The maximum Gasteiger partial charge on any atom is 0.274 e. The molecule has 0 atom stereocenters. The van der Waals surface area contributed by atoms with E-state index < -0.39 is 0 Å². The van der Waals surface area contributed by atoms with Gasteiger partial charge in [0.2, 0.25) is 5.91 Å². The van der Waals surface area contributed by atoms with Crippen molar-refractivity contribution in [2.24, 2.45) is 0 Å². The Morgan fingerprint density at radius 3 is 2.47 bits per heavy atom. The number of anilines is 1. The van der Waals surface area contributed by atoms with E-state index in [0.717, 1.165) is 22.2 Å². The van der Waals surface area contributed by atoms with Crippen LogP contribution in [0, 0.1) is 6.92 Å². The summed E-state index contributed by atoms with van der Waals surface area (Å²) in [7, 11) is 0. The smallest absolute Gasteiger partial charge is 0.274 e. The molecule has 0 aliphatic carbocycles. The number of carbonyl (C=O) groups is 1. The van der Waals surface area contributed by atoms with Gasteiger partial charge in [0.1, 0.15) is 0 Å². The quantitative estimate of drug-likeness (QED) is 0.494. The Kier molecular flexibility index (Phi) is 5.63. The van der Waals surface area contributed by atoms with Crippen LogP contribution >= 0.6 is 11.6 Å². The van der Waals surface area contributed by atoms with Crippen LogP contribution in [0.5, 0.6) is 0 Å². The highest BCUT2D eigenvalue weighted by molar-refractivity contribution is 6.30. The molecule has 0 aliphatic rings. The van der Waals surface area contributed by atoms with Crippen LogP contribution in [0.15, 0.2) is 77.6 Å². The molecule has 1 amide bonds. The fourth-order valence-electron chi connectivity index (χ4n) is 3.31. The van der Waals surface area contributed by atoms with Crippen molar-refractivity contribution in [3.63, 3.8) is 0 Å². The molecule has 0 radical (unpaired) electrons. The zero-order valence-electron chi connectivity index (χ0n) is 16.4. The zero-order chi connectivity index (χ0) is 21.1. The molecule has 5 nitrogen and oxygen atoms in total. The molecule has 0 saturated carbocycles. The van der Waals surface area contributed by atoms with Gasteiger partial charge in [-0.15, -0.1) is 0 Å². The van der Waals surface area contributed by atoms with Gasteiger partial charge >= 0.3 is 0 Å². The number of nitrogens with one attached hydrogen (secondary N) is 1. The number of carbonyl (C=O) groups excluding carboxylic acids is 1. The predicted molar refractivity (Wildman–Crippen MR) is 121 cm³/mol. The van der Waals surface area contributed by atoms with E-state index in [2.05, 4.69) is 10.4 Å². The molecule has 0 aliphatic heterocycles. The van der Waals surface area contributed by atoms with Crippen LogP contribution in [0.3, 0.4) is 0 Å². The summed E-state index contributed by atoms with van der Waals surface area (Å²) in [5.74, 6) is -0.212. The number of benzene rings is 3. The molecule has 0 unspecified atom stereocenters. The maximum absolute atomic E-state index is 12.9. The lowest BCUT2D eigenvalue weighted by Crippen LogP contribution is -2.26. The number of halogens is 1. The Labute approximate surface area is 178 Å². The number of hydrogen-bond acceptors (Lipinski definition) is 3. The highest BCUT2D eigenvalue weighted by Crippen LogP contribution is 2.25. The Morgan fingerprint density at radius 1 is 1.00 bits per heavy atom. The van der Waals surface area contributed by atoms with Gasteiger partial charge in [0.15, 0.2) is 0 Å². The summed E-state index contributed by atoms with van der Waals surface area (Å²) in [4.78, 5) is 25.3. The van der Waals surface area contributed by atoms with E-state index >= 15 is 0 Å². The van der Waals surface area contributed by atoms with Gasteiger partial charge in [-0.2, -0.15) is 5.10 Å². The lowest BCUT2D eigenvalue weighted by Gasteiger charge is -2.12. The minimum Gasteiger partial charge on any atom is -0.326 e. The molecule has 0 fully saturated rings. The van der Waals surface area contributed by atoms with Crippen LogP contribution in [0.4, 0.5) is 5.69 Å². The lowest BCUT2D eigenvalue weighted by atomic mass is 10.0. The summed E-state index contributed by atoms with van der Waals surface area (Å²) in [5.41, 5.74) is 3.20. The van der Waals surface area contributed by atoms with Crippen LogP contribution in [0.25, 0.3) is 22.0 Å². The van der Waals surface area contributed by atoms with Crippen molar-refractivity contribution in [2.45, 2.75) is 19.9 Å². The standard InChI is InChI=1S/C24H20ClN3O2/c1-16-9-11-17(12-10-16)23-20-7-2-3-8-21(20)24(30)28(27-23)14-13-22(29)26-19-6-4-5-18(25)15-19/h2-12,15H,13-14H2,1H3,(H,26,29). The summed E-state index contributed by atoms with van der Waals surface area (Å²) >= 11 is 5.96. The van der Waals surface area contributed by atoms with Crippen LogP contribution in [0.1, 0.15) is 12.0 Å². The van der Waals surface area contributed by atoms with Gasteiger partial charge in [-0.25, -0.2) is 4.68 Å². The van der Waals surface area contributed by atoms with E-state index in [4.69, 9.17) is 11.6 Å². The largest absolute Gasteiger partial charge is 0.326 e. The minimum absolute atomic E-state index is 0.116. The van der Waals surface area contributed by atoms with Gasteiger partial charge in [0.25, 0.3) is 5.56 Å². The Bertz CT molecular complexity index is 1280. The summed E-state index contributed by atoms with van der Waals surface area (Å²) in [5, 5.41) is 9.32. The van der Waals surface area contributed by atoms with Gasteiger partial charge in [-0.3, -0.25) is 9.59 Å². The minimum atomic E-state index is -0.212. The van der Waals surface area contributed by atoms with Gasteiger partial charge in [-0.05, 0) is 31.2 Å². The summed E-state index contributed by atoms with van der Waals surface area (Å²) in [6.07, 6.45) is 0.116. The van der Waals surface area contributed by atoms with Crippen LogP contribution < -0.4 is 10.9 Å². The monoisotopic (exact) mass is 417 g/mol. The van der Waals surface area contributed by atoms with Crippen molar-refractivity contribution >= 4 is 34.0 Å². The van der Waals surface area contributed by atoms with E-state index in [9.17, 15) is 9.59 Å². The van der Waals surface area contributed by atoms with Crippen LogP contribution in [0.2, 0.25) is 5.02 Å². The van der Waals surface area contributed by atoms with E-state index in [0.29, 0.717) is 16.1 Å². The average molecular weight is 418 g/mol. The Balaban J connectivity index is 1.64. The summed E-state index contributed by atoms with van der Waals surface area (Å²) in [6, 6.07) is 22.4. The van der Waals surface area contributed by atoms with Gasteiger partial charge < -0.3 is 5.32 Å². The molecular weight excluding hydrogens is 398 g/mol. The number of hydrogen-bond donors (Lipinski definition) is 1. The van der Waals surface area contributed by atoms with Crippen molar-refractivity contribution in [1.82, 2.24) is 9.78 Å². The molecular formula is C24H20ClN3O2. The van der Waals surface area contributed by atoms with Gasteiger partial charge in [0.05, 0.1) is 17.6 Å². The third-order valence-corrected chi connectivity index (χ3v) is 5.09. The fourth-order valence-corrected chi connectivity index (χ4v) is 3.50. The molecule has 4 rings (SSSR count). The van der Waals surface area contributed by atoms with Crippen molar-refractivity contribution < 1.29 is 4.79 Å². The van der Waals surface area contributed by atoms with Gasteiger partial charge in [-0.1, -0.05) is 65.7 Å². The number of aryl methyl sites for hydroxylation is 2. The van der Waals surface area contributed by atoms with Crippen molar-refractivity contribution in [3.8, 4) is 11.3 Å². The molecule has 0 spiro atoms. The average Bonchev–Trinajstić information content (AvgIpc) is 2.74. The van der Waals surface area contributed by atoms with Crippen LogP contribution in [-0.4, -0.2) is 15.7 Å². The lowest BCUT2D eigenvalue weighted by molar-refractivity contribution is -0.116. The number of aromatic nitrogens is 2. The highest BCUT2D eigenvalue weighted by Gasteiger charge is 2.13. The van der Waals surface area contributed by atoms with E-state index in [1.165, 1.54) is 4.68 Å². The number of fused-ring (bicyclic) bond motifs is 1. The first-order chi connectivity index (χ1) is 14.5. The molecule has 0 bridgehead atoms. The molecule has 1 aromatic heterocycles. The van der Waals surface area contributed by atoms with Crippen molar-refractivity contribution in [1.29, 1.82) is 0 Å². The molecule has 30 heavy (non-hydrogen) atoms. The second-order valence-electron chi connectivity index (χ2n) is 7.10. The zero-order valence-corrected chi connectivity index (χ0v) is 17.2. The molecule has 1 heterocycles. The summed E-state index contributed by atoms with van der Waals surface area (Å²) in [6.45, 7) is 2.20. The second kappa shape index (κ2) is 8.51. The topological polar surface area (TPSA) is 64.0 Å². The molecule has 150 valence electrons. The predicted octanol–water partition coefficient (Wildman–Crippen LogP) is 5.05. The van der Waals surface area contributed by atoms with Crippen LogP contribution in [-0.2, 0) is 11.3 Å². The van der Waals surface area contributed by atoms with E-state index in [-0.39, 0.29) is 24.4 Å². The maximum atomic E-state index is 12.9. The molecule has 4 aromatic rings. The van der Waals surface area contributed by atoms with Crippen molar-refractivity contribution in [3.05, 3.63) is 93.7 Å². The Hall–Kier alpha value is -3.44. The highest BCUT2D eigenvalue weighted by atomic mass is 35.5. The Morgan fingerprint density at radius 2 is 1.73 bits per heavy atom. The normalized spacial score (nSPS) is 10.9. The SMILES string of the molecule is Cc1ccc(-c2nn(CCC(=O)Nc3cccc(Cl)c3)c(=O)c3ccccc23)cc1. The second-order valence-corrected chi connectivity index (χ2v) is 7.53. The van der Waals surface area contributed by atoms with E-state index in [1.54, 1.807) is 30.3 Å².